The summed E-state index contributed by atoms with van der Waals surface area (Å²) < 4.78 is 5.40. The predicted octanol–water partition coefficient (Wildman–Crippen LogP) is 2.96. The lowest BCUT2D eigenvalue weighted by atomic mass is 9.89. The van der Waals surface area contributed by atoms with E-state index < -0.39 is 5.54 Å². The van der Waals surface area contributed by atoms with Crippen LogP contribution in [-0.2, 0) is 21.5 Å². The van der Waals surface area contributed by atoms with Crippen LogP contribution in [-0.4, -0.2) is 26.9 Å². The Labute approximate surface area is 170 Å². The molecule has 0 aromatic carbocycles. The van der Waals surface area contributed by atoms with E-state index in [2.05, 4.69) is 25.8 Å². The van der Waals surface area contributed by atoms with Crippen LogP contribution in [0.25, 0.3) is 0 Å². The first-order valence-electron chi connectivity index (χ1n) is 10.3. The molecule has 8 heteroatoms. The Morgan fingerprint density at radius 2 is 1.97 bits per heavy atom. The smallest absolute Gasteiger partial charge is 0.227 e. The second-order valence-corrected chi connectivity index (χ2v) is 7.73. The molecule has 0 radical (unpaired) electrons. The van der Waals surface area contributed by atoms with Gasteiger partial charge in [-0.25, -0.2) is 0 Å². The molecule has 2 aromatic rings. The van der Waals surface area contributed by atoms with E-state index in [1.54, 1.807) is 6.20 Å². The SMILES string of the molecule is CC(=O)NC1(c2noc(CCC(=O)NC(C)c3ccccn3)n2)CCCCCC1. The molecule has 0 aliphatic heterocycles. The van der Waals surface area contributed by atoms with Crippen LogP contribution in [0, 0.1) is 0 Å². The van der Waals surface area contributed by atoms with E-state index in [1.807, 2.05) is 25.1 Å². The molecule has 2 heterocycles. The summed E-state index contributed by atoms with van der Waals surface area (Å²) in [7, 11) is 0. The zero-order valence-electron chi connectivity index (χ0n) is 17.1. The molecule has 1 aliphatic carbocycles. The Bertz CT molecular complexity index is 813. The van der Waals surface area contributed by atoms with Crippen molar-refractivity contribution in [2.75, 3.05) is 0 Å². The van der Waals surface area contributed by atoms with Crippen molar-refractivity contribution in [1.82, 2.24) is 25.8 Å². The van der Waals surface area contributed by atoms with Crippen LogP contribution in [0.3, 0.4) is 0 Å². The highest BCUT2D eigenvalue weighted by molar-refractivity contribution is 5.76. The fourth-order valence-corrected chi connectivity index (χ4v) is 3.86. The monoisotopic (exact) mass is 399 g/mol. The summed E-state index contributed by atoms with van der Waals surface area (Å²) in [5.41, 5.74) is 0.242. The second kappa shape index (κ2) is 9.62. The van der Waals surface area contributed by atoms with E-state index in [9.17, 15) is 9.59 Å². The molecule has 1 aliphatic rings. The second-order valence-electron chi connectivity index (χ2n) is 7.73. The maximum absolute atomic E-state index is 12.3. The normalized spacial score (nSPS) is 17.2. The minimum Gasteiger partial charge on any atom is -0.348 e. The third-order valence-corrected chi connectivity index (χ3v) is 5.34. The number of pyridine rings is 1. The van der Waals surface area contributed by atoms with Crippen LogP contribution in [0.1, 0.15) is 82.2 Å². The number of carbonyl (C=O) groups is 2. The van der Waals surface area contributed by atoms with E-state index in [0.717, 1.165) is 44.2 Å². The predicted molar refractivity (Wildman–Crippen MR) is 107 cm³/mol. The zero-order valence-corrected chi connectivity index (χ0v) is 17.1. The summed E-state index contributed by atoms with van der Waals surface area (Å²) in [6, 6.07) is 5.44. The van der Waals surface area contributed by atoms with Crippen molar-refractivity contribution in [3.63, 3.8) is 0 Å². The number of hydrogen-bond acceptors (Lipinski definition) is 6. The minimum atomic E-state index is -0.570. The van der Waals surface area contributed by atoms with Gasteiger partial charge in [-0.15, -0.1) is 0 Å². The van der Waals surface area contributed by atoms with Gasteiger partial charge < -0.3 is 15.2 Å². The molecule has 8 nitrogen and oxygen atoms in total. The maximum Gasteiger partial charge on any atom is 0.227 e. The molecular weight excluding hydrogens is 370 g/mol. The highest BCUT2D eigenvalue weighted by Gasteiger charge is 2.38. The number of rotatable bonds is 7. The summed E-state index contributed by atoms with van der Waals surface area (Å²) in [5.74, 6) is 0.733. The van der Waals surface area contributed by atoms with Crippen LogP contribution in [0.5, 0.6) is 0 Å². The molecule has 3 rings (SSSR count). The average molecular weight is 399 g/mol. The average Bonchev–Trinajstić information content (AvgIpc) is 3.07. The molecule has 1 atom stereocenters. The van der Waals surface area contributed by atoms with Crippen molar-refractivity contribution in [3.05, 3.63) is 41.8 Å². The van der Waals surface area contributed by atoms with Crippen molar-refractivity contribution < 1.29 is 14.1 Å². The number of aromatic nitrogens is 3. The topological polar surface area (TPSA) is 110 Å². The molecule has 2 aromatic heterocycles. The van der Waals surface area contributed by atoms with Gasteiger partial charge in [0.15, 0.2) is 5.82 Å². The first-order chi connectivity index (χ1) is 14.0. The van der Waals surface area contributed by atoms with Gasteiger partial charge in [-0.1, -0.05) is 36.9 Å². The molecule has 2 amide bonds. The molecule has 1 unspecified atom stereocenters. The van der Waals surface area contributed by atoms with Crippen molar-refractivity contribution in [3.8, 4) is 0 Å². The van der Waals surface area contributed by atoms with Gasteiger partial charge in [0.2, 0.25) is 17.7 Å². The van der Waals surface area contributed by atoms with Crippen molar-refractivity contribution in [2.45, 2.75) is 76.8 Å². The van der Waals surface area contributed by atoms with E-state index in [0.29, 0.717) is 18.1 Å². The largest absolute Gasteiger partial charge is 0.348 e. The van der Waals surface area contributed by atoms with Gasteiger partial charge >= 0.3 is 0 Å². The van der Waals surface area contributed by atoms with E-state index >= 15 is 0 Å². The Hall–Kier alpha value is -2.77. The fourth-order valence-electron chi connectivity index (χ4n) is 3.86. The van der Waals surface area contributed by atoms with E-state index in [1.165, 1.54) is 6.92 Å². The van der Waals surface area contributed by atoms with E-state index in [4.69, 9.17) is 4.52 Å². The Balaban J connectivity index is 1.60. The Morgan fingerprint density at radius 1 is 1.21 bits per heavy atom. The molecule has 1 saturated carbocycles. The standard InChI is InChI=1S/C21H29N5O3/c1-15(17-9-5-8-14-22-17)23-18(28)10-11-19-24-20(26-29-19)21(25-16(2)27)12-6-3-4-7-13-21/h5,8-9,14-15H,3-4,6-7,10-13H2,1-2H3,(H,23,28)(H,25,27). The first kappa shape index (κ1) is 21.0. The fraction of sp³-hybridized carbons (Fsp3) is 0.571. The summed E-state index contributed by atoms with van der Waals surface area (Å²) in [5, 5.41) is 10.1. The van der Waals surface area contributed by atoms with Gasteiger partial charge in [0.1, 0.15) is 5.54 Å². The highest BCUT2D eigenvalue weighted by atomic mass is 16.5. The molecule has 1 fully saturated rings. The van der Waals surface area contributed by atoms with Gasteiger partial charge in [0.25, 0.3) is 0 Å². The van der Waals surface area contributed by atoms with Crippen LogP contribution in [0.2, 0.25) is 0 Å². The van der Waals surface area contributed by atoms with Gasteiger partial charge in [-0.05, 0) is 31.9 Å². The van der Waals surface area contributed by atoms with Crippen molar-refractivity contribution in [2.24, 2.45) is 0 Å². The van der Waals surface area contributed by atoms with E-state index in [-0.39, 0.29) is 24.3 Å². The number of nitrogens with zero attached hydrogens (tertiary/aromatic N) is 3. The van der Waals surface area contributed by atoms with Crippen LogP contribution in [0.4, 0.5) is 0 Å². The lowest BCUT2D eigenvalue weighted by Crippen LogP contribution is -2.45. The molecule has 0 spiro atoms. The van der Waals surface area contributed by atoms with Crippen LogP contribution in [0.15, 0.2) is 28.9 Å². The van der Waals surface area contributed by atoms with Crippen molar-refractivity contribution in [1.29, 1.82) is 0 Å². The molecular formula is C21H29N5O3. The summed E-state index contributed by atoms with van der Waals surface area (Å²) >= 11 is 0. The molecule has 29 heavy (non-hydrogen) atoms. The highest BCUT2D eigenvalue weighted by Crippen LogP contribution is 2.34. The number of amides is 2. The lowest BCUT2D eigenvalue weighted by Gasteiger charge is -2.30. The summed E-state index contributed by atoms with van der Waals surface area (Å²) in [6.07, 6.45) is 8.20. The molecule has 2 N–H and O–H groups in total. The molecule has 0 bridgehead atoms. The third kappa shape index (κ3) is 5.62. The lowest BCUT2D eigenvalue weighted by molar-refractivity contribution is -0.122. The third-order valence-electron chi connectivity index (χ3n) is 5.34. The van der Waals surface area contributed by atoms with Crippen LogP contribution >= 0.6 is 0 Å². The van der Waals surface area contributed by atoms with Crippen LogP contribution < -0.4 is 10.6 Å². The maximum atomic E-state index is 12.3. The quantitative estimate of drug-likeness (QED) is 0.693. The Kier molecular flexibility index (Phi) is 6.95. The van der Waals surface area contributed by atoms with Crippen molar-refractivity contribution >= 4 is 11.8 Å². The molecule has 0 saturated heterocycles. The summed E-state index contributed by atoms with van der Waals surface area (Å²) in [6.45, 7) is 3.41. The Morgan fingerprint density at radius 3 is 2.62 bits per heavy atom. The number of aryl methyl sites for hydroxylation is 1. The number of carbonyl (C=O) groups excluding carboxylic acids is 2. The number of hydrogen-bond donors (Lipinski definition) is 2. The van der Waals surface area contributed by atoms with Gasteiger partial charge in [0.05, 0.1) is 11.7 Å². The van der Waals surface area contributed by atoms with Gasteiger partial charge in [0, 0.05) is 26.0 Å². The minimum absolute atomic E-state index is 0.0962. The summed E-state index contributed by atoms with van der Waals surface area (Å²) in [4.78, 5) is 32.8. The van der Waals surface area contributed by atoms with Gasteiger partial charge in [-0.3, -0.25) is 14.6 Å². The first-order valence-corrected chi connectivity index (χ1v) is 10.3. The zero-order chi connectivity index (χ0) is 20.7. The number of nitrogens with one attached hydrogen (secondary N) is 2. The molecule has 156 valence electrons. The van der Waals surface area contributed by atoms with Gasteiger partial charge in [-0.2, -0.15) is 4.98 Å².